The van der Waals surface area contributed by atoms with Crippen LogP contribution in [0.15, 0.2) is 30.5 Å². The normalized spacial score (nSPS) is 19.1. The number of pyridine rings is 1. The first-order chi connectivity index (χ1) is 9.05. The lowest BCUT2D eigenvalue weighted by atomic mass is 9.93. The Bertz CT molecular complexity index is 604. The molecule has 2 aromatic rings. The topological polar surface area (TPSA) is 42.1 Å². The molecular formula is C16H21N3. The highest BCUT2D eigenvalue weighted by molar-refractivity contribution is 5.92. The van der Waals surface area contributed by atoms with Gasteiger partial charge in [-0.15, -0.1) is 0 Å². The van der Waals surface area contributed by atoms with E-state index in [0.717, 1.165) is 29.7 Å². The third kappa shape index (κ3) is 2.43. The van der Waals surface area contributed by atoms with Crippen molar-refractivity contribution in [3.05, 3.63) is 36.0 Å². The molecule has 19 heavy (non-hydrogen) atoms. The van der Waals surface area contributed by atoms with Gasteiger partial charge in [0.05, 0.1) is 5.52 Å². The molecule has 3 nitrogen and oxygen atoms in total. The van der Waals surface area contributed by atoms with Crippen LogP contribution < -0.4 is 5.73 Å². The molecule has 0 atom stereocenters. The van der Waals surface area contributed by atoms with Crippen molar-refractivity contribution in [1.82, 2.24) is 9.88 Å². The van der Waals surface area contributed by atoms with E-state index in [1.54, 1.807) is 0 Å². The van der Waals surface area contributed by atoms with Gasteiger partial charge in [-0.1, -0.05) is 19.9 Å². The second kappa shape index (κ2) is 4.49. The number of anilines is 1. The summed E-state index contributed by atoms with van der Waals surface area (Å²) in [6.07, 6.45) is 3.12. The smallest absolute Gasteiger partial charge is 0.0767 e. The van der Waals surface area contributed by atoms with Crippen molar-refractivity contribution in [2.24, 2.45) is 5.41 Å². The quantitative estimate of drug-likeness (QED) is 0.839. The summed E-state index contributed by atoms with van der Waals surface area (Å²) in [4.78, 5) is 7.03. The Morgan fingerprint density at radius 2 is 2.16 bits per heavy atom. The molecule has 3 rings (SSSR count). The van der Waals surface area contributed by atoms with E-state index < -0.39 is 0 Å². The Balaban J connectivity index is 1.92. The van der Waals surface area contributed by atoms with Crippen molar-refractivity contribution in [2.75, 3.05) is 18.8 Å². The number of aromatic nitrogens is 1. The molecule has 1 aromatic carbocycles. The standard InChI is InChI=1S/C16H21N3/c1-16(2)7-9-19(11-16)10-12-5-6-14(17)13-4-3-8-18-15(12)13/h3-6,8H,7,9-11,17H2,1-2H3. The zero-order chi connectivity index (χ0) is 13.5. The lowest BCUT2D eigenvalue weighted by Crippen LogP contribution is -2.23. The monoisotopic (exact) mass is 255 g/mol. The zero-order valence-electron chi connectivity index (χ0n) is 11.7. The minimum Gasteiger partial charge on any atom is -0.398 e. The summed E-state index contributed by atoms with van der Waals surface area (Å²) in [6, 6.07) is 8.12. The summed E-state index contributed by atoms with van der Waals surface area (Å²) in [5.41, 5.74) is 9.61. The molecule has 1 aliphatic rings. The maximum Gasteiger partial charge on any atom is 0.0767 e. The van der Waals surface area contributed by atoms with Crippen LogP contribution in [-0.4, -0.2) is 23.0 Å². The van der Waals surface area contributed by atoms with Crippen LogP contribution in [0.1, 0.15) is 25.8 Å². The van der Waals surface area contributed by atoms with Crippen LogP contribution in [0.4, 0.5) is 5.69 Å². The van der Waals surface area contributed by atoms with Gasteiger partial charge < -0.3 is 5.73 Å². The average molecular weight is 255 g/mol. The number of nitrogens with two attached hydrogens (primary N) is 1. The number of nitrogens with zero attached hydrogens (tertiary/aromatic N) is 2. The maximum absolute atomic E-state index is 6.02. The van der Waals surface area contributed by atoms with Crippen LogP contribution in [0, 0.1) is 5.41 Å². The van der Waals surface area contributed by atoms with Crippen LogP contribution in [0.3, 0.4) is 0 Å². The molecule has 0 amide bonds. The molecule has 100 valence electrons. The highest BCUT2D eigenvalue weighted by Crippen LogP contribution is 2.31. The van der Waals surface area contributed by atoms with E-state index in [1.807, 2.05) is 18.3 Å². The Kier molecular flexibility index (Phi) is 2.94. The molecule has 0 bridgehead atoms. The van der Waals surface area contributed by atoms with Gasteiger partial charge in [0.25, 0.3) is 0 Å². The summed E-state index contributed by atoms with van der Waals surface area (Å²) in [5, 5.41) is 1.07. The molecule has 0 saturated carbocycles. The summed E-state index contributed by atoms with van der Waals surface area (Å²) in [5.74, 6) is 0. The van der Waals surface area contributed by atoms with E-state index in [0.29, 0.717) is 5.41 Å². The summed E-state index contributed by atoms with van der Waals surface area (Å²) in [6.45, 7) is 7.98. The molecule has 0 spiro atoms. The Labute approximate surface area is 114 Å². The number of rotatable bonds is 2. The number of likely N-dealkylation sites (tertiary alicyclic amines) is 1. The van der Waals surface area contributed by atoms with Gasteiger partial charge in [0, 0.05) is 30.4 Å². The van der Waals surface area contributed by atoms with Gasteiger partial charge in [-0.3, -0.25) is 9.88 Å². The van der Waals surface area contributed by atoms with Gasteiger partial charge in [0.2, 0.25) is 0 Å². The van der Waals surface area contributed by atoms with Crippen LogP contribution in [0.5, 0.6) is 0 Å². The third-order valence-corrected chi connectivity index (χ3v) is 4.04. The molecule has 1 saturated heterocycles. The highest BCUT2D eigenvalue weighted by atomic mass is 15.2. The van der Waals surface area contributed by atoms with Crippen LogP contribution in [-0.2, 0) is 6.54 Å². The number of hydrogen-bond donors (Lipinski definition) is 1. The van der Waals surface area contributed by atoms with E-state index in [2.05, 4.69) is 35.9 Å². The SMILES string of the molecule is CC1(C)CCN(Cc2ccc(N)c3cccnc23)C1. The maximum atomic E-state index is 6.02. The molecule has 1 fully saturated rings. The van der Waals surface area contributed by atoms with Crippen molar-refractivity contribution < 1.29 is 0 Å². The lowest BCUT2D eigenvalue weighted by molar-refractivity contribution is 0.285. The van der Waals surface area contributed by atoms with Crippen molar-refractivity contribution in [3.63, 3.8) is 0 Å². The van der Waals surface area contributed by atoms with Crippen molar-refractivity contribution in [3.8, 4) is 0 Å². The fraction of sp³-hybridized carbons (Fsp3) is 0.438. The lowest BCUT2D eigenvalue weighted by Gasteiger charge is -2.20. The molecular weight excluding hydrogens is 234 g/mol. The molecule has 2 N–H and O–H groups in total. The van der Waals surface area contributed by atoms with E-state index in [9.17, 15) is 0 Å². The molecule has 3 heteroatoms. The first-order valence-corrected chi connectivity index (χ1v) is 6.90. The van der Waals surface area contributed by atoms with Gasteiger partial charge >= 0.3 is 0 Å². The zero-order valence-corrected chi connectivity index (χ0v) is 11.7. The minimum atomic E-state index is 0.442. The highest BCUT2D eigenvalue weighted by Gasteiger charge is 2.29. The van der Waals surface area contributed by atoms with Crippen LogP contribution in [0.25, 0.3) is 10.9 Å². The summed E-state index contributed by atoms with van der Waals surface area (Å²) in [7, 11) is 0. The number of fused-ring (bicyclic) bond motifs is 1. The van der Waals surface area contributed by atoms with Gasteiger partial charge in [-0.25, -0.2) is 0 Å². The molecule has 1 aromatic heterocycles. The second-order valence-electron chi connectivity index (χ2n) is 6.34. The molecule has 0 radical (unpaired) electrons. The van der Waals surface area contributed by atoms with Crippen LogP contribution >= 0.6 is 0 Å². The van der Waals surface area contributed by atoms with Gasteiger partial charge in [0.15, 0.2) is 0 Å². The molecule has 0 aliphatic carbocycles. The van der Waals surface area contributed by atoms with Gasteiger partial charge in [-0.05, 0) is 42.1 Å². The molecule has 1 aliphatic heterocycles. The third-order valence-electron chi connectivity index (χ3n) is 4.04. The van der Waals surface area contributed by atoms with E-state index in [-0.39, 0.29) is 0 Å². The minimum absolute atomic E-state index is 0.442. The van der Waals surface area contributed by atoms with Crippen molar-refractivity contribution >= 4 is 16.6 Å². The van der Waals surface area contributed by atoms with E-state index in [1.165, 1.54) is 18.5 Å². The first kappa shape index (κ1) is 12.4. The number of hydrogen-bond acceptors (Lipinski definition) is 3. The fourth-order valence-electron chi connectivity index (χ4n) is 2.98. The van der Waals surface area contributed by atoms with Crippen molar-refractivity contribution in [2.45, 2.75) is 26.8 Å². The average Bonchev–Trinajstić information content (AvgIpc) is 2.73. The molecule has 0 unspecified atom stereocenters. The Morgan fingerprint density at radius 1 is 1.32 bits per heavy atom. The Morgan fingerprint density at radius 3 is 2.89 bits per heavy atom. The van der Waals surface area contributed by atoms with E-state index >= 15 is 0 Å². The molecule has 2 heterocycles. The summed E-state index contributed by atoms with van der Waals surface area (Å²) >= 11 is 0. The Hall–Kier alpha value is -1.61. The van der Waals surface area contributed by atoms with E-state index in [4.69, 9.17) is 5.73 Å². The van der Waals surface area contributed by atoms with Crippen molar-refractivity contribution in [1.29, 1.82) is 0 Å². The number of nitrogen functional groups attached to an aromatic ring is 1. The first-order valence-electron chi connectivity index (χ1n) is 6.90. The van der Waals surface area contributed by atoms with Gasteiger partial charge in [-0.2, -0.15) is 0 Å². The fourth-order valence-corrected chi connectivity index (χ4v) is 2.98. The van der Waals surface area contributed by atoms with Gasteiger partial charge in [0.1, 0.15) is 0 Å². The largest absolute Gasteiger partial charge is 0.398 e. The predicted octanol–water partition coefficient (Wildman–Crippen LogP) is 3.05. The number of benzene rings is 1. The summed E-state index contributed by atoms with van der Waals surface area (Å²) < 4.78 is 0. The van der Waals surface area contributed by atoms with Crippen LogP contribution in [0.2, 0.25) is 0 Å². The predicted molar refractivity (Wildman–Crippen MR) is 79.8 cm³/mol. The second-order valence-corrected chi connectivity index (χ2v) is 6.34.